The molecule has 1 fully saturated rings. The van der Waals surface area contributed by atoms with E-state index in [0.717, 1.165) is 17.8 Å². The van der Waals surface area contributed by atoms with Gasteiger partial charge in [0.05, 0.1) is 0 Å². The van der Waals surface area contributed by atoms with Gasteiger partial charge in [0, 0.05) is 18.3 Å². The number of carbonyl (C=O) groups excluding carboxylic acids is 1. The molecule has 1 amide bonds. The monoisotopic (exact) mass is 289 g/mol. The summed E-state index contributed by atoms with van der Waals surface area (Å²) >= 11 is 3.56. The second kappa shape index (κ2) is 6.04. The summed E-state index contributed by atoms with van der Waals surface area (Å²) in [5.41, 5.74) is 0.0918. The number of halogens is 1. The van der Waals surface area contributed by atoms with Gasteiger partial charge in [0.2, 0.25) is 5.91 Å². The van der Waals surface area contributed by atoms with Crippen LogP contribution in [0, 0.1) is 17.3 Å². The quantitative estimate of drug-likeness (QED) is 0.790. The van der Waals surface area contributed by atoms with E-state index in [9.17, 15) is 4.79 Å². The highest BCUT2D eigenvalue weighted by Crippen LogP contribution is 2.32. The normalized spacial score (nSPS) is 25.8. The van der Waals surface area contributed by atoms with Gasteiger partial charge in [-0.2, -0.15) is 0 Å². The number of alkyl halides is 1. The third-order valence-corrected chi connectivity index (χ3v) is 4.10. The Hall–Kier alpha value is -0.0500. The maximum atomic E-state index is 11.7. The van der Waals surface area contributed by atoms with Crippen LogP contribution in [0.5, 0.6) is 0 Å². The SMILES string of the molecule is CC(C)(C)CC(=O)NCC1CCCC1CBr. The molecule has 1 rings (SSSR count). The van der Waals surface area contributed by atoms with Crippen molar-refractivity contribution in [3.63, 3.8) is 0 Å². The summed E-state index contributed by atoms with van der Waals surface area (Å²) in [7, 11) is 0. The van der Waals surface area contributed by atoms with Crippen LogP contribution >= 0.6 is 15.9 Å². The Labute approximate surface area is 108 Å². The standard InChI is InChI=1S/C13H24BrNO/c1-13(2,3)7-12(16)15-9-11-6-4-5-10(11)8-14/h10-11H,4-9H2,1-3H3,(H,15,16). The van der Waals surface area contributed by atoms with Crippen LogP contribution < -0.4 is 5.32 Å². The average Bonchev–Trinajstić information content (AvgIpc) is 2.59. The molecule has 0 radical (unpaired) electrons. The van der Waals surface area contributed by atoms with Crippen LogP contribution in [0.1, 0.15) is 46.5 Å². The molecule has 2 nitrogen and oxygen atoms in total. The predicted octanol–water partition coefficient (Wildman–Crippen LogP) is 3.35. The molecule has 0 saturated heterocycles. The van der Waals surface area contributed by atoms with E-state index < -0.39 is 0 Å². The minimum absolute atomic E-state index is 0.0918. The zero-order chi connectivity index (χ0) is 12.2. The number of hydrogen-bond donors (Lipinski definition) is 1. The van der Waals surface area contributed by atoms with Crippen molar-refractivity contribution in [1.29, 1.82) is 0 Å². The van der Waals surface area contributed by atoms with E-state index in [4.69, 9.17) is 0 Å². The topological polar surface area (TPSA) is 29.1 Å². The van der Waals surface area contributed by atoms with E-state index in [0.29, 0.717) is 12.3 Å². The largest absolute Gasteiger partial charge is 0.356 e. The Bertz CT molecular complexity index is 235. The summed E-state index contributed by atoms with van der Waals surface area (Å²) in [6, 6.07) is 0. The number of rotatable bonds is 4. The van der Waals surface area contributed by atoms with E-state index in [2.05, 4.69) is 42.0 Å². The van der Waals surface area contributed by atoms with Crippen LogP contribution in [-0.4, -0.2) is 17.8 Å². The molecular weight excluding hydrogens is 266 g/mol. The first-order valence-electron chi connectivity index (χ1n) is 6.25. The summed E-state index contributed by atoms with van der Waals surface area (Å²) in [5.74, 6) is 1.64. The fraction of sp³-hybridized carbons (Fsp3) is 0.923. The van der Waals surface area contributed by atoms with Gasteiger partial charge in [0.25, 0.3) is 0 Å². The van der Waals surface area contributed by atoms with E-state index in [-0.39, 0.29) is 11.3 Å². The third kappa shape index (κ3) is 4.86. The smallest absolute Gasteiger partial charge is 0.220 e. The van der Waals surface area contributed by atoms with Gasteiger partial charge in [-0.1, -0.05) is 43.1 Å². The number of amides is 1. The summed E-state index contributed by atoms with van der Waals surface area (Å²) in [4.78, 5) is 11.7. The van der Waals surface area contributed by atoms with Crippen molar-refractivity contribution in [2.75, 3.05) is 11.9 Å². The van der Waals surface area contributed by atoms with Gasteiger partial charge >= 0.3 is 0 Å². The number of carbonyl (C=O) groups is 1. The minimum Gasteiger partial charge on any atom is -0.356 e. The first-order chi connectivity index (χ1) is 7.42. The lowest BCUT2D eigenvalue weighted by Crippen LogP contribution is -2.33. The van der Waals surface area contributed by atoms with Crippen LogP contribution in [0.4, 0.5) is 0 Å². The highest BCUT2D eigenvalue weighted by Gasteiger charge is 2.26. The molecule has 1 aliphatic rings. The zero-order valence-electron chi connectivity index (χ0n) is 10.7. The molecule has 0 aromatic heterocycles. The van der Waals surface area contributed by atoms with Gasteiger partial charge in [-0.3, -0.25) is 4.79 Å². The maximum absolute atomic E-state index is 11.7. The molecule has 0 bridgehead atoms. The lowest BCUT2D eigenvalue weighted by Gasteiger charge is -2.21. The zero-order valence-corrected chi connectivity index (χ0v) is 12.3. The molecule has 0 aromatic carbocycles. The first kappa shape index (κ1) is 14.0. The Kier molecular flexibility index (Phi) is 5.29. The van der Waals surface area contributed by atoms with Crippen LogP contribution in [0.3, 0.4) is 0 Å². The maximum Gasteiger partial charge on any atom is 0.220 e. The molecule has 3 heteroatoms. The molecule has 1 aliphatic carbocycles. The average molecular weight is 290 g/mol. The molecule has 1 N–H and O–H groups in total. The van der Waals surface area contributed by atoms with Crippen molar-refractivity contribution in [3.8, 4) is 0 Å². The molecule has 94 valence electrons. The second-order valence-corrected chi connectivity index (χ2v) is 6.79. The van der Waals surface area contributed by atoms with Crippen molar-refractivity contribution < 1.29 is 4.79 Å². The fourth-order valence-electron chi connectivity index (χ4n) is 2.37. The minimum atomic E-state index is 0.0918. The van der Waals surface area contributed by atoms with Crippen molar-refractivity contribution in [2.45, 2.75) is 46.5 Å². The van der Waals surface area contributed by atoms with Crippen molar-refractivity contribution in [2.24, 2.45) is 17.3 Å². The summed E-state index contributed by atoms with van der Waals surface area (Å²) < 4.78 is 0. The van der Waals surface area contributed by atoms with Gasteiger partial charge in [0.15, 0.2) is 0 Å². The summed E-state index contributed by atoms with van der Waals surface area (Å²) in [6.07, 6.45) is 4.52. The molecule has 0 heterocycles. The van der Waals surface area contributed by atoms with Crippen molar-refractivity contribution in [3.05, 3.63) is 0 Å². The fourth-order valence-corrected chi connectivity index (χ4v) is 3.23. The van der Waals surface area contributed by atoms with Gasteiger partial charge in [-0.05, 0) is 30.1 Å². The summed E-state index contributed by atoms with van der Waals surface area (Å²) in [6.45, 7) is 7.17. The predicted molar refractivity (Wildman–Crippen MR) is 71.7 cm³/mol. The Morgan fingerprint density at radius 1 is 1.31 bits per heavy atom. The highest BCUT2D eigenvalue weighted by atomic mass is 79.9. The van der Waals surface area contributed by atoms with Gasteiger partial charge < -0.3 is 5.32 Å². The Balaban J connectivity index is 2.26. The van der Waals surface area contributed by atoms with E-state index in [1.54, 1.807) is 0 Å². The molecule has 2 unspecified atom stereocenters. The molecule has 0 spiro atoms. The molecule has 16 heavy (non-hydrogen) atoms. The molecule has 0 aliphatic heterocycles. The number of hydrogen-bond acceptors (Lipinski definition) is 1. The van der Waals surface area contributed by atoms with Gasteiger partial charge in [-0.15, -0.1) is 0 Å². The molecule has 0 aromatic rings. The summed E-state index contributed by atoms with van der Waals surface area (Å²) in [5, 5.41) is 4.16. The van der Waals surface area contributed by atoms with E-state index in [1.807, 2.05) is 0 Å². The van der Waals surface area contributed by atoms with Crippen LogP contribution in [0.2, 0.25) is 0 Å². The van der Waals surface area contributed by atoms with Crippen LogP contribution in [0.25, 0.3) is 0 Å². The Morgan fingerprint density at radius 2 is 1.94 bits per heavy atom. The van der Waals surface area contributed by atoms with Gasteiger partial charge in [0.1, 0.15) is 0 Å². The lowest BCUT2D eigenvalue weighted by molar-refractivity contribution is -0.123. The van der Waals surface area contributed by atoms with Crippen LogP contribution in [-0.2, 0) is 4.79 Å². The third-order valence-electron chi connectivity index (χ3n) is 3.27. The molecule has 2 atom stereocenters. The van der Waals surface area contributed by atoms with Crippen molar-refractivity contribution in [1.82, 2.24) is 5.32 Å². The second-order valence-electron chi connectivity index (χ2n) is 6.15. The molecule has 1 saturated carbocycles. The lowest BCUT2D eigenvalue weighted by atomic mass is 9.91. The van der Waals surface area contributed by atoms with E-state index >= 15 is 0 Å². The van der Waals surface area contributed by atoms with Crippen molar-refractivity contribution >= 4 is 21.8 Å². The van der Waals surface area contributed by atoms with E-state index in [1.165, 1.54) is 19.3 Å². The van der Waals surface area contributed by atoms with Crippen LogP contribution in [0.15, 0.2) is 0 Å². The highest BCUT2D eigenvalue weighted by molar-refractivity contribution is 9.09. The Morgan fingerprint density at radius 3 is 2.50 bits per heavy atom. The number of nitrogens with one attached hydrogen (secondary N) is 1. The first-order valence-corrected chi connectivity index (χ1v) is 7.37. The molecular formula is C13H24BrNO. The van der Waals surface area contributed by atoms with Gasteiger partial charge in [-0.25, -0.2) is 0 Å².